The zero-order chi connectivity index (χ0) is 14.3. The lowest BCUT2D eigenvalue weighted by Crippen LogP contribution is -2.44. The maximum absolute atomic E-state index is 6.49. The first-order valence-corrected chi connectivity index (χ1v) is 10.2. The van der Waals surface area contributed by atoms with E-state index in [2.05, 4.69) is 71.1 Å². The molecule has 104 valence electrons. The minimum Gasteiger partial charge on any atom is -0.543 e. The average molecular weight is 274 g/mol. The molecule has 1 atom stereocenters. The Balaban J connectivity index is 2.34. The molecule has 0 saturated heterocycles. The molecular formula is C17H26OSi. The van der Waals surface area contributed by atoms with E-state index in [9.17, 15) is 0 Å². The predicted molar refractivity (Wildman–Crippen MR) is 86.3 cm³/mol. The molecule has 1 aromatic carbocycles. The monoisotopic (exact) mass is 274 g/mol. The van der Waals surface area contributed by atoms with Crippen LogP contribution in [0.5, 0.6) is 5.75 Å². The Labute approximate surface area is 118 Å². The molecule has 0 heterocycles. The molecule has 0 saturated carbocycles. The minimum absolute atomic E-state index is 0.238. The number of hydrogen-bond donors (Lipinski definition) is 0. The Bertz CT molecular complexity index is 494. The standard InChI is InChI=1S/C17H26OSi/c1-7-13-11-12-15-14(13)9-8-10-16(15)18-19(5,6)17(2,3)4/h8-13H,7H2,1-6H3. The SMILES string of the molecule is CCC1C=Cc2c(O[Si](C)(C)C(C)(C)C)cccc21. The summed E-state index contributed by atoms with van der Waals surface area (Å²) in [5.41, 5.74) is 2.73. The normalized spacial score (nSPS) is 18.5. The Morgan fingerprint density at radius 1 is 1.21 bits per heavy atom. The van der Waals surface area contributed by atoms with E-state index < -0.39 is 8.32 Å². The summed E-state index contributed by atoms with van der Waals surface area (Å²) < 4.78 is 6.49. The van der Waals surface area contributed by atoms with E-state index in [1.54, 1.807) is 0 Å². The second-order valence-corrected chi connectivity index (χ2v) is 11.7. The summed E-state index contributed by atoms with van der Waals surface area (Å²) in [5, 5.41) is 0.238. The van der Waals surface area contributed by atoms with Gasteiger partial charge in [0.25, 0.3) is 8.32 Å². The molecule has 1 aliphatic rings. The van der Waals surface area contributed by atoms with E-state index in [4.69, 9.17) is 4.43 Å². The second kappa shape index (κ2) is 4.82. The third kappa shape index (κ3) is 2.64. The fourth-order valence-electron chi connectivity index (χ4n) is 2.25. The molecule has 2 heteroatoms. The maximum atomic E-state index is 6.49. The quantitative estimate of drug-likeness (QED) is 0.653. The van der Waals surface area contributed by atoms with Crippen LogP contribution in [0.4, 0.5) is 0 Å². The van der Waals surface area contributed by atoms with E-state index in [0.29, 0.717) is 5.92 Å². The van der Waals surface area contributed by atoms with Crippen molar-refractivity contribution in [2.45, 2.75) is 58.2 Å². The van der Waals surface area contributed by atoms with Crippen LogP contribution in [0.25, 0.3) is 6.08 Å². The highest BCUT2D eigenvalue weighted by atomic mass is 28.4. The van der Waals surface area contributed by atoms with Crippen molar-refractivity contribution in [3.05, 3.63) is 35.4 Å². The number of allylic oxidation sites excluding steroid dienone is 1. The lowest BCUT2D eigenvalue weighted by Gasteiger charge is -2.37. The molecule has 2 rings (SSSR count). The summed E-state index contributed by atoms with van der Waals surface area (Å²) in [6.07, 6.45) is 5.71. The van der Waals surface area contributed by atoms with Crippen molar-refractivity contribution in [2.24, 2.45) is 0 Å². The van der Waals surface area contributed by atoms with Gasteiger partial charge in [-0.25, -0.2) is 0 Å². The Hall–Kier alpha value is -1.02. The maximum Gasteiger partial charge on any atom is 0.250 e. The van der Waals surface area contributed by atoms with Crippen LogP contribution in [0.2, 0.25) is 18.1 Å². The first kappa shape index (κ1) is 14.4. The van der Waals surface area contributed by atoms with Crippen LogP contribution in [-0.4, -0.2) is 8.32 Å². The number of hydrogen-bond acceptors (Lipinski definition) is 1. The Kier molecular flexibility index (Phi) is 3.65. The third-order valence-electron chi connectivity index (χ3n) is 4.61. The number of rotatable bonds is 3. The molecule has 0 radical (unpaired) electrons. The Morgan fingerprint density at radius 2 is 1.89 bits per heavy atom. The van der Waals surface area contributed by atoms with E-state index in [1.165, 1.54) is 11.1 Å². The summed E-state index contributed by atoms with van der Waals surface area (Å²) in [4.78, 5) is 0. The van der Waals surface area contributed by atoms with Crippen molar-refractivity contribution in [3.63, 3.8) is 0 Å². The third-order valence-corrected chi connectivity index (χ3v) is 8.95. The molecule has 0 N–H and O–H groups in total. The molecular weight excluding hydrogens is 248 g/mol. The first-order valence-electron chi connectivity index (χ1n) is 7.26. The first-order chi connectivity index (χ1) is 8.76. The Morgan fingerprint density at radius 3 is 2.47 bits per heavy atom. The van der Waals surface area contributed by atoms with Gasteiger partial charge in [0.2, 0.25) is 0 Å². The predicted octanol–water partition coefficient (Wildman–Crippen LogP) is 5.59. The van der Waals surface area contributed by atoms with Crippen molar-refractivity contribution in [3.8, 4) is 5.75 Å². The van der Waals surface area contributed by atoms with E-state index in [-0.39, 0.29) is 5.04 Å². The van der Waals surface area contributed by atoms with Crippen LogP contribution in [0.3, 0.4) is 0 Å². The van der Waals surface area contributed by atoms with Gasteiger partial charge in [0, 0.05) is 11.5 Å². The van der Waals surface area contributed by atoms with Gasteiger partial charge >= 0.3 is 0 Å². The van der Waals surface area contributed by atoms with Gasteiger partial charge in [-0.2, -0.15) is 0 Å². The zero-order valence-electron chi connectivity index (χ0n) is 13.1. The summed E-state index contributed by atoms with van der Waals surface area (Å²) in [6.45, 7) is 13.7. The van der Waals surface area contributed by atoms with Crippen molar-refractivity contribution < 1.29 is 4.43 Å². The topological polar surface area (TPSA) is 9.23 Å². The van der Waals surface area contributed by atoms with Crippen molar-refractivity contribution in [1.29, 1.82) is 0 Å². The molecule has 1 nitrogen and oxygen atoms in total. The smallest absolute Gasteiger partial charge is 0.250 e. The molecule has 0 spiro atoms. The average Bonchev–Trinajstić information content (AvgIpc) is 2.71. The van der Waals surface area contributed by atoms with Crippen molar-refractivity contribution in [2.75, 3.05) is 0 Å². The highest BCUT2D eigenvalue weighted by Crippen LogP contribution is 2.42. The lowest BCUT2D eigenvalue weighted by atomic mass is 9.98. The lowest BCUT2D eigenvalue weighted by molar-refractivity contribution is 0.491. The largest absolute Gasteiger partial charge is 0.543 e. The molecule has 1 unspecified atom stereocenters. The highest BCUT2D eigenvalue weighted by molar-refractivity contribution is 6.74. The summed E-state index contributed by atoms with van der Waals surface area (Å²) in [7, 11) is -1.75. The van der Waals surface area contributed by atoms with Crippen LogP contribution in [0.1, 0.15) is 51.2 Å². The van der Waals surface area contributed by atoms with Crippen LogP contribution in [0, 0.1) is 0 Å². The highest BCUT2D eigenvalue weighted by Gasteiger charge is 2.39. The van der Waals surface area contributed by atoms with Gasteiger partial charge in [-0.1, -0.05) is 52.0 Å². The molecule has 1 aromatic rings. The summed E-state index contributed by atoms with van der Waals surface area (Å²) in [6, 6.07) is 6.50. The van der Waals surface area contributed by atoms with Gasteiger partial charge in [0.1, 0.15) is 5.75 Å². The van der Waals surface area contributed by atoms with E-state index in [0.717, 1.165) is 12.2 Å². The molecule has 19 heavy (non-hydrogen) atoms. The minimum atomic E-state index is -1.75. The van der Waals surface area contributed by atoms with E-state index in [1.807, 2.05) is 0 Å². The van der Waals surface area contributed by atoms with Gasteiger partial charge in [-0.3, -0.25) is 0 Å². The van der Waals surface area contributed by atoms with Crippen molar-refractivity contribution in [1.82, 2.24) is 0 Å². The fourth-order valence-corrected chi connectivity index (χ4v) is 3.29. The number of benzene rings is 1. The zero-order valence-corrected chi connectivity index (χ0v) is 14.1. The van der Waals surface area contributed by atoms with Gasteiger partial charge in [-0.15, -0.1) is 0 Å². The van der Waals surface area contributed by atoms with E-state index >= 15 is 0 Å². The second-order valence-electron chi connectivity index (χ2n) is 7.00. The molecule has 1 aliphatic carbocycles. The summed E-state index contributed by atoms with van der Waals surface area (Å²) in [5.74, 6) is 1.65. The molecule has 0 bridgehead atoms. The van der Waals surface area contributed by atoms with Crippen LogP contribution >= 0.6 is 0 Å². The van der Waals surface area contributed by atoms with Gasteiger partial charge in [-0.05, 0) is 36.2 Å². The van der Waals surface area contributed by atoms with Gasteiger partial charge in [0.05, 0.1) is 0 Å². The van der Waals surface area contributed by atoms with Crippen LogP contribution < -0.4 is 4.43 Å². The van der Waals surface area contributed by atoms with Crippen LogP contribution in [0.15, 0.2) is 24.3 Å². The molecule has 0 amide bonds. The van der Waals surface area contributed by atoms with Gasteiger partial charge < -0.3 is 4.43 Å². The molecule has 0 aromatic heterocycles. The molecule has 0 aliphatic heterocycles. The molecule has 0 fully saturated rings. The summed E-state index contributed by atoms with van der Waals surface area (Å²) >= 11 is 0. The van der Waals surface area contributed by atoms with Gasteiger partial charge in [0.15, 0.2) is 0 Å². The van der Waals surface area contributed by atoms with Crippen LogP contribution in [-0.2, 0) is 0 Å². The fraction of sp³-hybridized carbons (Fsp3) is 0.529. The number of fused-ring (bicyclic) bond motifs is 1. The van der Waals surface area contributed by atoms with Crippen molar-refractivity contribution >= 4 is 14.4 Å².